The first-order valence-electron chi connectivity index (χ1n) is 2.61. The molecule has 0 saturated heterocycles. The molecule has 0 aliphatic carbocycles. The van der Waals surface area contributed by atoms with E-state index in [4.69, 9.17) is 17.7 Å². The zero-order valence-corrected chi connectivity index (χ0v) is 10.2. The van der Waals surface area contributed by atoms with Crippen LogP contribution in [0.3, 0.4) is 0 Å². The third kappa shape index (κ3) is 17.4. The Morgan fingerprint density at radius 3 is 1.71 bits per heavy atom. The van der Waals surface area contributed by atoms with Crippen LogP contribution in [0.4, 0.5) is 4.79 Å². The van der Waals surface area contributed by atoms with Crippen molar-refractivity contribution in [2.24, 2.45) is 5.73 Å². The molecule has 0 bridgehead atoms. The Morgan fingerprint density at radius 1 is 1.43 bits per heavy atom. The van der Waals surface area contributed by atoms with E-state index in [1.165, 1.54) is 0 Å². The van der Waals surface area contributed by atoms with E-state index in [9.17, 15) is 14.3 Å². The fourth-order valence-electron chi connectivity index (χ4n) is 0.0722. The summed E-state index contributed by atoms with van der Waals surface area (Å²) >= 11 is 0. The summed E-state index contributed by atoms with van der Waals surface area (Å²) in [6.07, 6.45) is 9.39. The summed E-state index contributed by atoms with van der Waals surface area (Å²) in [7, 11) is -4.85. The Morgan fingerprint density at radius 2 is 1.64 bits per heavy atom. The minimum atomic E-state index is -4.85. The second kappa shape index (κ2) is 10.4. The first-order valence-corrected chi connectivity index (χ1v) is 4.19. The number of rotatable bonds is 1. The van der Waals surface area contributed by atoms with Gasteiger partial charge in [0.05, 0.1) is 0 Å². The fourth-order valence-corrected chi connectivity index (χ4v) is 0.0722. The molecule has 14 heavy (non-hydrogen) atoms. The summed E-state index contributed by atoms with van der Waals surface area (Å²) in [5, 5.41) is 0. The Balaban J connectivity index is -0.0000000212. The second-order valence-electron chi connectivity index (χ2n) is 1.40. The molecule has 3 N–H and O–H groups in total. The maximum absolute atomic E-state index is 9.44. The largest absolute Gasteiger partial charge is 1.00 e. The van der Waals surface area contributed by atoms with Crippen LogP contribution in [-0.4, -0.2) is 10.5 Å². The topological polar surface area (TPSA) is 103 Å². The number of carbonyl (C=O) groups is 1. The van der Waals surface area contributed by atoms with Crippen molar-refractivity contribution in [1.29, 1.82) is 0 Å². The summed E-state index contributed by atoms with van der Waals surface area (Å²) in [5.74, 6) is 8.61. The number of carbonyl (C=O) groups excluding carboxylic acids is 1. The second-order valence-corrected chi connectivity index (χ2v) is 2.88. The molecule has 0 aromatic rings. The molecular weight excluding hydrogens is 216 g/mol. The minimum Gasteiger partial charge on any atom is -0.772 e. The molecule has 0 saturated carbocycles. The average molecular weight is 229 g/mol. The summed E-state index contributed by atoms with van der Waals surface area (Å²) in [6.45, 7) is 0. The number of primary amides is 1. The van der Waals surface area contributed by atoms with Crippen molar-refractivity contribution >= 4 is 13.2 Å². The van der Waals surface area contributed by atoms with Gasteiger partial charge in [-0.3, -0.25) is 9.36 Å². The minimum absolute atomic E-state index is 0. The third-order valence-electron chi connectivity index (χ3n) is 0.485. The molecule has 0 radical (unpaired) electrons. The molecule has 5 nitrogen and oxygen atoms in total. The van der Waals surface area contributed by atoms with E-state index in [0.717, 1.165) is 0 Å². The molecule has 0 aromatic carbocycles. The molecule has 76 valence electrons. The van der Waals surface area contributed by atoms with Crippen LogP contribution in [0.1, 0.15) is 5.71 Å². The molecule has 7 heteroatoms. The van der Waals surface area contributed by atoms with E-state index in [1.807, 2.05) is 0 Å². The SMILES string of the molecule is C#CC#CC#C.NC(=O)P(=O)([O-])O.[HH].[HH].[HH].[HH].[Na+]. The maximum Gasteiger partial charge on any atom is 1.00 e. The van der Waals surface area contributed by atoms with Crippen LogP contribution >= 0.6 is 7.60 Å². The van der Waals surface area contributed by atoms with E-state index in [-0.39, 0.29) is 35.3 Å². The quantitative estimate of drug-likeness (QED) is 0.281. The molecule has 0 rings (SSSR count). The van der Waals surface area contributed by atoms with Gasteiger partial charge in [-0.2, -0.15) is 0 Å². The van der Waals surface area contributed by atoms with Crippen LogP contribution in [0.15, 0.2) is 0 Å². The predicted octanol–water partition coefficient (Wildman–Crippen LogP) is -3.14. The van der Waals surface area contributed by atoms with Crippen molar-refractivity contribution < 1.29 is 54.4 Å². The van der Waals surface area contributed by atoms with Gasteiger partial charge >= 0.3 is 29.6 Å². The smallest absolute Gasteiger partial charge is 0.772 e. The maximum atomic E-state index is 9.44. The monoisotopic (exact) mass is 229 g/mol. The summed E-state index contributed by atoms with van der Waals surface area (Å²) in [5.41, 5.74) is 2.40. The van der Waals surface area contributed by atoms with Crippen molar-refractivity contribution in [3.8, 4) is 36.5 Å². The van der Waals surface area contributed by atoms with Gasteiger partial charge in [0.25, 0.3) is 5.65 Å². The van der Waals surface area contributed by atoms with Crippen molar-refractivity contribution in [2.45, 2.75) is 0 Å². The molecular formula is C7H13NNaO4P. The Labute approximate surface area is 110 Å². The summed E-state index contributed by atoms with van der Waals surface area (Å²) in [6, 6.07) is 0. The van der Waals surface area contributed by atoms with Crippen LogP contribution in [0.25, 0.3) is 0 Å². The molecule has 0 aliphatic heterocycles. The van der Waals surface area contributed by atoms with E-state index in [1.54, 1.807) is 0 Å². The zero-order valence-electron chi connectivity index (χ0n) is 7.35. The zero-order chi connectivity index (χ0) is 10.9. The van der Waals surface area contributed by atoms with Crippen LogP contribution in [0.2, 0.25) is 0 Å². The molecule has 0 heterocycles. The molecule has 0 aliphatic rings. The van der Waals surface area contributed by atoms with E-state index in [2.05, 4.69) is 29.4 Å². The fraction of sp³-hybridized carbons (Fsp3) is 0. The van der Waals surface area contributed by atoms with Gasteiger partial charge in [-0.15, -0.1) is 12.8 Å². The summed E-state index contributed by atoms with van der Waals surface area (Å²) in [4.78, 5) is 26.5. The number of nitrogens with two attached hydrogens (primary N) is 1. The van der Waals surface area contributed by atoms with Crippen molar-refractivity contribution in [3.63, 3.8) is 0 Å². The van der Waals surface area contributed by atoms with E-state index in [0.29, 0.717) is 0 Å². The van der Waals surface area contributed by atoms with Gasteiger partial charge in [-0.1, -0.05) is 0 Å². The Kier molecular flexibility index (Phi) is 14.1. The van der Waals surface area contributed by atoms with Gasteiger partial charge in [0.15, 0.2) is 0 Å². The number of terminal acetylenes is 2. The summed E-state index contributed by atoms with van der Waals surface area (Å²) < 4.78 is 9.44. The number of hydrogen-bond donors (Lipinski definition) is 2. The van der Waals surface area contributed by atoms with Crippen LogP contribution < -0.4 is 40.2 Å². The van der Waals surface area contributed by atoms with Crippen molar-refractivity contribution in [1.82, 2.24) is 0 Å². The molecule has 0 spiro atoms. The van der Waals surface area contributed by atoms with Gasteiger partial charge in [-0.05, 0) is 23.7 Å². The predicted molar refractivity (Wildman–Crippen MR) is 53.3 cm³/mol. The molecule has 1 amide bonds. The first-order chi connectivity index (χ1) is 5.86. The van der Waals surface area contributed by atoms with Crippen LogP contribution in [0.5, 0.6) is 0 Å². The van der Waals surface area contributed by atoms with Gasteiger partial charge in [0.2, 0.25) is 7.60 Å². The standard InChI is InChI=1S/C6H2.CH4NO4P.Na.4H2/c1-3-5-6-4-2;2-1(3)7(4,5)6;;;;;/h1-2H;(H2,2,3)(H2,4,5,6);;4*1H/q;;+1;;;;/p-1. The molecule has 1 unspecified atom stereocenters. The third-order valence-corrected chi connectivity index (χ3v) is 1.04. The van der Waals surface area contributed by atoms with Crippen LogP contribution in [0, 0.1) is 36.5 Å². The molecule has 0 fully saturated rings. The number of hydrogen-bond acceptors (Lipinski definition) is 3. The average Bonchev–Trinajstić information content (AvgIpc) is 2.00. The van der Waals surface area contributed by atoms with Gasteiger partial charge in [-0.25, -0.2) is 0 Å². The number of amides is 1. The first kappa shape index (κ1) is 19.0. The molecule has 0 aromatic heterocycles. The van der Waals surface area contributed by atoms with Crippen LogP contribution in [-0.2, 0) is 4.57 Å². The normalized spacial score (nSPS) is 10.3. The Hall–Kier alpha value is -0.700. The van der Waals surface area contributed by atoms with Crippen molar-refractivity contribution in [2.75, 3.05) is 0 Å². The van der Waals surface area contributed by atoms with E-state index < -0.39 is 13.2 Å². The van der Waals surface area contributed by atoms with Gasteiger partial charge in [0, 0.05) is 5.71 Å². The van der Waals surface area contributed by atoms with Crippen molar-refractivity contribution in [3.05, 3.63) is 0 Å². The van der Waals surface area contributed by atoms with E-state index >= 15 is 0 Å². The Bertz CT molecular complexity index is 358. The van der Waals surface area contributed by atoms with Gasteiger partial charge in [0.1, 0.15) is 0 Å². The molecule has 1 atom stereocenters. The van der Waals surface area contributed by atoms with Gasteiger partial charge < -0.3 is 15.5 Å².